The summed E-state index contributed by atoms with van der Waals surface area (Å²) in [5.74, 6) is 1.28. The molecule has 2 aromatic carbocycles. The molecule has 1 fully saturated rings. The Morgan fingerprint density at radius 3 is 2.84 bits per heavy atom. The zero-order valence-corrected chi connectivity index (χ0v) is 11.5. The molecule has 1 aliphatic heterocycles. The number of thioether (sulfide) groups is 1. The standard InChI is InChI=1S/C15H17NO2S/c17-14-5-6-15(13-4-2-1-3-12(13)14)19-10-11-9-16-7-8-18-11/h1-6,11,16-17H,7-10H2. The third kappa shape index (κ3) is 2.86. The van der Waals surface area contributed by atoms with Crippen LogP contribution < -0.4 is 5.32 Å². The number of ether oxygens (including phenoxy) is 1. The Labute approximate surface area is 117 Å². The SMILES string of the molecule is Oc1ccc(SCC2CNCCO2)c2ccccc12. The van der Waals surface area contributed by atoms with Crippen molar-refractivity contribution in [2.45, 2.75) is 11.0 Å². The Balaban J connectivity index is 1.79. The van der Waals surface area contributed by atoms with Crippen LogP contribution in [0.3, 0.4) is 0 Å². The van der Waals surface area contributed by atoms with Crippen molar-refractivity contribution in [3.05, 3.63) is 36.4 Å². The summed E-state index contributed by atoms with van der Waals surface area (Å²) >= 11 is 1.79. The van der Waals surface area contributed by atoms with Gasteiger partial charge in [-0.25, -0.2) is 0 Å². The van der Waals surface area contributed by atoms with Crippen molar-refractivity contribution in [1.82, 2.24) is 5.32 Å². The van der Waals surface area contributed by atoms with Crippen molar-refractivity contribution in [2.75, 3.05) is 25.4 Å². The number of morpholine rings is 1. The second kappa shape index (κ2) is 5.82. The largest absolute Gasteiger partial charge is 0.507 e. The van der Waals surface area contributed by atoms with Crippen LogP contribution in [0.4, 0.5) is 0 Å². The zero-order chi connectivity index (χ0) is 13.1. The summed E-state index contributed by atoms with van der Waals surface area (Å²) in [7, 11) is 0. The second-order valence-corrected chi connectivity index (χ2v) is 5.70. The van der Waals surface area contributed by atoms with Gasteiger partial charge >= 0.3 is 0 Å². The average Bonchev–Trinajstić information content (AvgIpc) is 2.48. The van der Waals surface area contributed by atoms with Crippen LogP contribution in [0.1, 0.15) is 0 Å². The molecule has 0 saturated carbocycles. The van der Waals surface area contributed by atoms with E-state index in [4.69, 9.17) is 4.74 Å². The van der Waals surface area contributed by atoms with Crippen LogP contribution in [-0.4, -0.2) is 36.7 Å². The number of fused-ring (bicyclic) bond motifs is 1. The molecular weight excluding hydrogens is 258 g/mol. The molecule has 1 atom stereocenters. The van der Waals surface area contributed by atoms with Crippen LogP contribution >= 0.6 is 11.8 Å². The highest BCUT2D eigenvalue weighted by molar-refractivity contribution is 7.99. The normalized spacial score (nSPS) is 19.7. The third-order valence-corrected chi connectivity index (χ3v) is 4.50. The van der Waals surface area contributed by atoms with Gasteiger partial charge in [0.2, 0.25) is 0 Å². The average molecular weight is 275 g/mol. The fraction of sp³-hybridized carbons (Fsp3) is 0.333. The smallest absolute Gasteiger partial charge is 0.123 e. The zero-order valence-electron chi connectivity index (χ0n) is 10.6. The van der Waals surface area contributed by atoms with E-state index in [0.717, 1.165) is 36.2 Å². The molecule has 0 radical (unpaired) electrons. The van der Waals surface area contributed by atoms with E-state index < -0.39 is 0 Å². The molecule has 0 spiro atoms. The van der Waals surface area contributed by atoms with Crippen molar-refractivity contribution in [3.8, 4) is 5.75 Å². The summed E-state index contributed by atoms with van der Waals surface area (Å²) in [4.78, 5) is 1.20. The van der Waals surface area contributed by atoms with Crippen molar-refractivity contribution in [2.24, 2.45) is 0 Å². The maximum atomic E-state index is 9.87. The topological polar surface area (TPSA) is 41.5 Å². The van der Waals surface area contributed by atoms with Gasteiger partial charge in [0.25, 0.3) is 0 Å². The molecule has 0 bridgehead atoms. The van der Waals surface area contributed by atoms with E-state index in [0.29, 0.717) is 5.75 Å². The summed E-state index contributed by atoms with van der Waals surface area (Å²) in [5, 5.41) is 15.2. The van der Waals surface area contributed by atoms with Gasteiger partial charge in [-0.1, -0.05) is 24.3 Å². The molecule has 2 aromatic rings. The lowest BCUT2D eigenvalue weighted by atomic mass is 10.1. The van der Waals surface area contributed by atoms with Crippen LogP contribution in [0.5, 0.6) is 5.75 Å². The van der Waals surface area contributed by atoms with E-state index >= 15 is 0 Å². The number of benzene rings is 2. The predicted molar refractivity (Wildman–Crippen MR) is 78.9 cm³/mol. The molecule has 100 valence electrons. The van der Waals surface area contributed by atoms with Crippen LogP contribution in [-0.2, 0) is 4.74 Å². The summed E-state index contributed by atoms with van der Waals surface area (Å²) in [6.07, 6.45) is 0.270. The third-order valence-electron chi connectivity index (χ3n) is 3.29. The fourth-order valence-corrected chi connectivity index (χ4v) is 3.37. The Morgan fingerprint density at radius 2 is 2.05 bits per heavy atom. The second-order valence-electron chi connectivity index (χ2n) is 4.64. The lowest BCUT2D eigenvalue weighted by Gasteiger charge is -2.23. The number of phenols is 1. The van der Waals surface area contributed by atoms with Gasteiger partial charge in [-0.3, -0.25) is 0 Å². The Bertz CT molecular complexity index is 567. The van der Waals surface area contributed by atoms with Crippen molar-refractivity contribution >= 4 is 22.5 Å². The Morgan fingerprint density at radius 1 is 1.21 bits per heavy atom. The molecule has 1 unspecified atom stereocenters. The van der Waals surface area contributed by atoms with Crippen molar-refractivity contribution in [1.29, 1.82) is 0 Å². The Hall–Kier alpha value is -1.23. The van der Waals surface area contributed by atoms with Gasteiger partial charge in [-0.05, 0) is 17.5 Å². The molecule has 19 heavy (non-hydrogen) atoms. The van der Waals surface area contributed by atoms with Gasteiger partial charge in [0.1, 0.15) is 5.75 Å². The molecule has 1 saturated heterocycles. The van der Waals surface area contributed by atoms with Crippen LogP contribution in [0, 0.1) is 0 Å². The first-order valence-corrected chi connectivity index (χ1v) is 7.49. The summed E-state index contributed by atoms with van der Waals surface area (Å²) in [5.41, 5.74) is 0. The van der Waals surface area contributed by atoms with Gasteiger partial charge in [0, 0.05) is 29.1 Å². The molecule has 2 N–H and O–H groups in total. The maximum absolute atomic E-state index is 9.87. The molecule has 1 aliphatic rings. The highest BCUT2D eigenvalue weighted by Gasteiger charge is 2.14. The summed E-state index contributed by atoms with van der Waals surface area (Å²) in [6, 6.07) is 11.7. The first-order valence-electron chi connectivity index (χ1n) is 6.50. The van der Waals surface area contributed by atoms with Crippen LogP contribution in [0.2, 0.25) is 0 Å². The molecule has 1 heterocycles. The monoisotopic (exact) mass is 275 g/mol. The van der Waals surface area contributed by atoms with E-state index in [2.05, 4.69) is 11.4 Å². The van der Waals surface area contributed by atoms with Crippen LogP contribution in [0.15, 0.2) is 41.3 Å². The minimum absolute atomic E-state index is 0.270. The van der Waals surface area contributed by atoms with Gasteiger partial charge in [0.05, 0.1) is 12.7 Å². The maximum Gasteiger partial charge on any atom is 0.123 e. The predicted octanol–water partition coefficient (Wildman–Crippen LogP) is 2.63. The molecule has 0 aromatic heterocycles. The summed E-state index contributed by atoms with van der Waals surface area (Å²) in [6.45, 7) is 2.66. The minimum atomic E-state index is 0.270. The molecule has 0 aliphatic carbocycles. The van der Waals surface area contributed by atoms with Gasteiger partial charge in [-0.2, -0.15) is 0 Å². The molecular formula is C15H17NO2S. The number of aromatic hydroxyl groups is 1. The quantitative estimate of drug-likeness (QED) is 0.845. The van der Waals surface area contributed by atoms with E-state index in [-0.39, 0.29) is 6.10 Å². The number of hydrogen-bond donors (Lipinski definition) is 2. The van der Waals surface area contributed by atoms with Gasteiger partial charge < -0.3 is 15.2 Å². The molecule has 0 amide bonds. The molecule has 3 rings (SSSR count). The minimum Gasteiger partial charge on any atom is -0.507 e. The highest BCUT2D eigenvalue weighted by atomic mass is 32.2. The first kappa shape index (κ1) is 12.8. The number of phenolic OH excluding ortho intramolecular Hbond substituents is 1. The summed E-state index contributed by atoms with van der Waals surface area (Å²) < 4.78 is 5.70. The van der Waals surface area contributed by atoms with Crippen molar-refractivity contribution in [3.63, 3.8) is 0 Å². The van der Waals surface area contributed by atoms with Gasteiger partial charge in [0.15, 0.2) is 0 Å². The molecule has 3 nitrogen and oxygen atoms in total. The van der Waals surface area contributed by atoms with E-state index in [1.807, 2.05) is 24.3 Å². The van der Waals surface area contributed by atoms with Crippen LogP contribution in [0.25, 0.3) is 10.8 Å². The van der Waals surface area contributed by atoms with Gasteiger partial charge in [-0.15, -0.1) is 11.8 Å². The van der Waals surface area contributed by atoms with E-state index in [1.165, 1.54) is 4.90 Å². The lowest BCUT2D eigenvalue weighted by Crippen LogP contribution is -2.39. The fourth-order valence-electron chi connectivity index (χ4n) is 2.29. The molecule has 4 heteroatoms. The highest BCUT2D eigenvalue weighted by Crippen LogP contribution is 2.33. The number of rotatable bonds is 3. The lowest BCUT2D eigenvalue weighted by molar-refractivity contribution is 0.0441. The van der Waals surface area contributed by atoms with E-state index in [9.17, 15) is 5.11 Å². The van der Waals surface area contributed by atoms with Crippen molar-refractivity contribution < 1.29 is 9.84 Å². The van der Waals surface area contributed by atoms with E-state index in [1.54, 1.807) is 17.8 Å². The number of nitrogens with one attached hydrogen (secondary N) is 1. The Kier molecular flexibility index (Phi) is 3.92. The first-order chi connectivity index (χ1) is 9.34. The number of hydrogen-bond acceptors (Lipinski definition) is 4.